The normalized spacial score (nSPS) is 7.43. The molecule has 0 radical (unpaired) electrons. The molecule has 0 aliphatic carbocycles. The van der Waals surface area contributed by atoms with Crippen LogP contribution in [-0.2, 0) is 24.1 Å². The van der Waals surface area contributed by atoms with Gasteiger partial charge in [0.05, 0.1) is 7.11 Å². The predicted molar refractivity (Wildman–Crippen MR) is 35.7 cm³/mol. The molecule has 14 heavy (non-hydrogen) atoms. The molecule has 10 heteroatoms. The van der Waals surface area contributed by atoms with Crippen molar-refractivity contribution in [3.63, 3.8) is 0 Å². The third-order valence-corrected chi connectivity index (χ3v) is 0.586. The Bertz CT molecular complexity index is 147. The Morgan fingerprint density at radius 1 is 1.36 bits per heavy atom. The van der Waals surface area contributed by atoms with Crippen LogP contribution in [0, 0.1) is 0 Å². The molecule has 0 rings (SSSR count). The quantitative estimate of drug-likeness (QED) is 0.309. The van der Waals surface area contributed by atoms with Crippen LogP contribution in [0.25, 0.3) is 0 Å². The molecule has 0 aromatic carbocycles. The number of halogens is 3. The fraction of sp³-hybridized carbons (Fsp3) is 0.250. The van der Waals surface area contributed by atoms with E-state index in [0.29, 0.717) is 0 Å². The summed E-state index contributed by atoms with van der Waals surface area (Å²) in [5, 5.41) is 0. The van der Waals surface area contributed by atoms with Crippen LogP contribution in [0.2, 0.25) is 0 Å². The Morgan fingerprint density at radius 3 is 1.71 bits per heavy atom. The van der Waals surface area contributed by atoms with Crippen molar-refractivity contribution in [3.05, 3.63) is 12.7 Å². The van der Waals surface area contributed by atoms with Gasteiger partial charge in [-0.3, -0.25) is 0 Å². The standard InChI is InChI=1S/C4H6O2.BF3O3.Li.H/c1-3-4(5)6-2;2-5-1(6-3)7-4;;/h3H,1H2,2H3;;;/q;;+1;-1. The van der Waals surface area contributed by atoms with E-state index in [0.717, 1.165) is 6.08 Å². The summed E-state index contributed by atoms with van der Waals surface area (Å²) in [6, 6.07) is 0. The van der Waals surface area contributed by atoms with E-state index in [2.05, 4.69) is 25.9 Å². The van der Waals surface area contributed by atoms with Crippen LogP contribution in [0.3, 0.4) is 0 Å². The van der Waals surface area contributed by atoms with E-state index in [-0.39, 0.29) is 20.3 Å². The zero-order chi connectivity index (χ0) is 10.7. The Morgan fingerprint density at radius 2 is 1.71 bits per heavy atom. The van der Waals surface area contributed by atoms with Gasteiger partial charge in [-0.15, -0.1) is 0 Å². The van der Waals surface area contributed by atoms with Gasteiger partial charge in [-0.25, -0.2) is 4.79 Å². The summed E-state index contributed by atoms with van der Waals surface area (Å²) in [7, 11) is -1.20. The maximum Gasteiger partial charge on any atom is 1.00 e. The summed E-state index contributed by atoms with van der Waals surface area (Å²) < 4.78 is 35.4. The zero-order valence-corrected chi connectivity index (χ0v) is 7.54. The summed E-state index contributed by atoms with van der Waals surface area (Å²) in [5.41, 5.74) is 0. The van der Waals surface area contributed by atoms with Crippen molar-refractivity contribution in [3.8, 4) is 0 Å². The van der Waals surface area contributed by atoms with Gasteiger partial charge in [0.1, 0.15) is 0 Å². The van der Waals surface area contributed by atoms with Crippen molar-refractivity contribution in [2.24, 2.45) is 0 Å². The second kappa shape index (κ2) is 15.0. The number of ether oxygens (including phenoxy) is 1. The smallest absolute Gasteiger partial charge is 1.00 e. The van der Waals surface area contributed by atoms with Crippen molar-refractivity contribution >= 4 is 13.3 Å². The molecule has 0 amide bonds. The molecule has 0 heterocycles. The molecular formula is C4H7BF3LiO5. The van der Waals surface area contributed by atoms with Gasteiger partial charge in [-0.2, -0.15) is 14.6 Å². The van der Waals surface area contributed by atoms with Gasteiger partial charge in [0, 0.05) is 6.08 Å². The van der Waals surface area contributed by atoms with Crippen LogP contribution in [-0.4, -0.2) is 20.4 Å². The van der Waals surface area contributed by atoms with Crippen molar-refractivity contribution in [2.75, 3.05) is 7.11 Å². The first-order chi connectivity index (χ1) is 6.15. The SMILES string of the molecule is C=CC(=O)OC.FOB(OF)OF.[H-].[Li+]. The first-order valence-corrected chi connectivity index (χ1v) is 2.68. The molecule has 78 valence electrons. The van der Waals surface area contributed by atoms with Crippen LogP contribution in [0.1, 0.15) is 1.43 Å². The number of methoxy groups -OCH3 is 1. The molecule has 0 spiro atoms. The van der Waals surface area contributed by atoms with Crippen LogP contribution < -0.4 is 18.9 Å². The average Bonchev–Trinajstić information content (AvgIpc) is 2.20. The van der Waals surface area contributed by atoms with E-state index in [9.17, 15) is 18.4 Å². The molecule has 0 N–H and O–H groups in total. The van der Waals surface area contributed by atoms with Gasteiger partial charge in [0.25, 0.3) is 0 Å². The summed E-state index contributed by atoms with van der Waals surface area (Å²) in [6.45, 7) is 3.16. The number of carbonyl (C=O) groups excluding carboxylic acids is 1. The minimum absolute atomic E-state index is 0. The zero-order valence-electron chi connectivity index (χ0n) is 8.54. The molecule has 0 saturated carbocycles. The number of esters is 1. The minimum Gasteiger partial charge on any atom is -1.00 e. The number of hydrogen-bond acceptors (Lipinski definition) is 5. The summed E-state index contributed by atoms with van der Waals surface area (Å²) in [4.78, 5) is 16.9. The van der Waals surface area contributed by atoms with Crippen LogP contribution in [0.15, 0.2) is 12.7 Å². The molecule has 0 bridgehead atoms. The molecule has 5 nitrogen and oxygen atoms in total. The third-order valence-electron chi connectivity index (χ3n) is 0.586. The van der Waals surface area contributed by atoms with E-state index < -0.39 is 13.3 Å². The predicted octanol–water partition coefficient (Wildman–Crippen LogP) is -1.86. The van der Waals surface area contributed by atoms with E-state index >= 15 is 0 Å². The van der Waals surface area contributed by atoms with E-state index in [1.807, 2.05) is 0 Å². The van der Waals surface area contributed by atoms with Gasteiger partial charge >= 0.3 is 32.2 Å². The Labute approximate surface area is 91.7 Å². The fourth-order valence-corrected chi connectivity index (χ4v) is 0.125. The van der Waals surface area contributed by atoms with E-state index in [1.165, 1.54) is 7.11 Å². The Balaban J connectivity index is -0.0000000718. The number of rotatable bonds is 4. The third kappa shape index (κ3) is 14.1. The minimum atomic E-state index is -2.51. The largest absolute Gasteiger partial charge is 1.00 e. The van der Waals surface area contributed by atoms with E-state index in [1.54, 1.807) is 0 Å². The van der Waals surface area contributed by atoms with E-state index in [4.69, 9.17) is 0 Å². The van der Waals surface area contributed by atoms with Crippen molar-refractivity contribution in [2.45, 2.75) is 0 Å². The van der Waals surface area contributed by atoms with Gasteiger partial charge in [0.2, 0.25) is 0 Å². The van der Waals surface area contributed by atoms with Crippen LogP contribution in [0.5, 0.6) is 0 Å². The molecule has 0 aliphatic rings. The second-order valence-electron chi connectivity index (χ2n) is 1.28. The number of hydrogen-bond donors (Lipinski definition) is 0. The monoisotopic (exact) mass is 210 g/mol. The second-order valence-corrected chi connectivity index (χ2v) is 1.28. The molecular weight excluding hydrogens is 203 g/mol. The first kappa shape index (κ1) is 19.2. The molecule has 0 saturated heterocycles. The van der Waals surface area contributed by atoms with Crippen molar-refractivity contribution in [1.82, 2.24) is 0 Å². The fourth-order valence-electron chi connectivity index (χ4n) is 0.125. The molecule has 0 aromatic rings. The molecule has 0 atom stereocenters. The van der Waals surface area contributed by atoms with Crippen molar-refractivity contribution in [1.29, 1.82) is 0 Å². The van der Waals surface area contributed by atoms with Crippen LogP contribution in [0.4, 0.5) is 13.6 Å². The summed E-state index contributed by atoms with van der Waals surface area (Å²) in [6.07, 6.45) is 1.11. The van der Waals surface area contributed by atoms with Gasteiger partial charge in [-0.1, -0.05) is 20.2 Å². The molecule has 0 unspecified atom stereocenters. The number of carbonyl (C=O) groups is 1. The first-order valence-electron chi connectivity index (χ1n) is 2.68. The van der Waals surface area contributed by atoms with Gasteiger partial charge in [-0.05, 0) is 0 Å². The van der Waals surface area contributed by atoms with Gasteiger partial charge < -0.3 is 6.16 Å². The van der Waals surface area contributed by atoms with Crippen molar-refractivity contribution < 1.29 is 58.0 Å². The van der Waals surface area contributed by atoms with Gasteiger partial charge in [0.15, 0.2) is 0 Å². The average molecular weight is 210 g/mol. The molecule has 0 aliphatic heterocycles. The Hall–Kier alpha value is -0.458. The summed E-state index contributed by atoms with van der Waals surface area (Å²) in [5.74, 6) is -0.394. The maximum absolute atomic E-state index is 10.4. The topological polar surface area (TPSA) is 54.0 Å². The maximum atomic E-state index is 10.4. The Kier molecular flexibility index (Phi) is 20.6. The summed E-state index contributed by atoms with van der Waals surface area (Å²) >= 11 is 0. The molecule has 0 aromatic heterocycles. The molecule has 0 fully saturated rings. The van der Waals surface area contributed by atoms with Crippen LogP contribution >= 0.6 is 0 Å².